The quantitative estimate of drug-likeness (QED) is 0.398. The van der Waals surface area contributed by atoms with E-state index in [1.807, 2.05) is 0 Å². The Kier molecular flexibility index (Phi) is 6.84. The molecule has 0 saturated heterocycles. The van der Waals surface area contributed by atoms with E-state index in [1.165, 1.54) is 22.9 Å². The lowest BCUT2D eigenvalue weighted by Gasteiger charge is -2.09. The third kappa shape index (κ3) is 5.38. The molecule has 0 aliphatic carbocycles. The summed E-state index contributed by atoms with van der Waals surface area (Å²) in [5.41, 5.74) is 1.54. The highest BCUT2D eigenvalue weighted by atomic mass is 35.5. The zero-order valence-electron chi connectivity index (χ0n) is 18.0. The van der Waals surface area contributed by atoms with E-state index >= 15 is 0 Å². The molecule has 10 heteroatoms. The molecule has 0 unspecified atom stereocenters. The molecule has 0 radical (unpaired) electrons. The number of benzene rings is 2. The summed E-state index contributed by atoms with van der Waals surface area (Å²) >= 11 is 5.91. The molecule has 34 heavy (non-hydrogen) atoms. The molecule has 2 aromatic carbocycles. The van der Waals surface area contributed by atoms with Gasteiger partial charge in [-0.1, -0.05) is 22.8 Å². The molecule has 2 aromatic heterocycles. The Morgan fingerprint density at radius 1 is 1.09 bits per heavy atom. The summed E-state index contributed by atoms with van der Waals surface area (Å²) in [6, 6.07) is 16.2. The molecule has 4 aromatic rings. The molecule has 9 nitrogen and oxygen atoms in total. The molecule has 0 spiro atoms. The highest BCUT2D eigenvalue weighted by Crippen LogP contribution is 2.23. The number of rotatable bonds is 7. The zero-order valence-corrected chi connectivity index (χ0v) is 18.8. The number of anilines is 1. The number of hydrogen-bond donors (Lipinski definition) is 1. The summed E-state index contributed by atoms with van der Waals surface area (Å²) in [7, 11) is 0. The van der Waals surface area contributed by atoms with Gasteiger partial charge in [0.2, 0.25) is 11.7 Å². The van der Waals surface area contributed by atoms with Gasteiger partial charge in [-0.2, -0.15) is 4.98 Å². The largest absolute Gasteiger partial charge is 0.462 e. The average Bonchev–Trinajstić information content (AvgIpc) is 3.31. The van der Waals surface area contributed by atoms with E-state index in [2.05, 4.69) is 15.5 Å². The number of nitrogens with one attached hydrogen (secondary N) is 1. The molecular formula is C24H19ClN4O5. The van der Waals surface area contributed by atoms with Gasteiger partial charge in [-0.3, -0.25) is 9.59 Å². The van der Waals surface area contributed by atoms with Gasteiger partial charge < -0.3 is 19.1 Å². The van der Waals surface area contributed by atoms with Crippen LogP contribution in [0.3, 0.4) is 0 Å². The fourth-order valence-electron chi connectivity index (χ4n) is 3.13. The molecule has 172 valence electrons. The highest BCUT2D eigenvalue weighted by Gasteiger charge is 2.14. The fraction of sp³-hybridized carbons (Fsp3) is 0.125. The number of esters is 1. The van der Waals surface area contributed by atoms with E-state index in [0.717, 1.165) is 5.56 Å². The van der Waals surface area contributed by atoms with Gasteiger partial charge >= 0.3 is 5.97 Å². The summed E-state index contributed by atoms with van der Waals surface area (Å²) in [6.45, 7) is 1.70. The van der Waals surface area contributed by atoms with Gasteiger partial charge in [0.05, 0.1) is 17.7 Å². The normalized spacial score (nSPS) is 10.6. The van der Waals surface area contributed by atoms with Gasteiger partial charge in [0.1, 0.15) is 6.54 Å². The van der Waals surface area contributed by atoms with E-state index in [4.69, 9.17) is 20.9 Å². The number of aromatic nitrogens is 3. The number of carbonyl (C=O) groups excluding carboxylic acids is 2. The van der Waals surface area contributed by atoms with Crippen molar-refractivity contribution < 1.29 is 18.8 Å². The molecule has 0 aliphatic heterocycles. The van der Waals surface area contributed by atoms with Crippen molar-refractivity contribution in [3.63, 3.8) is 0 Å². The Morgan fingerprint density at radius 3 is 2.62 bits per heavy atom. The lowest BCUT2D eigenvalue weighted by molar-refractivity contribution is -0.116. The second-order valence-corrected chi connectivity index (χ2v) is 7.60. The average molecular weight is 479 g/mol. The summed E-state index contributed by atoms with van der Waals surface area (Å²) in [6.07, 6.45) is 1.47. The van der Waals surface area contributed by atoms with Crippen LogP contribution in [0.2, 0.25) is 5.02 Å². The van der Waals surface area contributed by atoms with Crippen molar-refractivity contribution in [3.8, 4) is 22.8 Å². The topological polar surface area (TPSA) is 116 Å². The number of amides is 1. The Labute approximate surface area is 198 Å². The number of hydrogen-bond acceptors (Lipinski definition) is 7. The first-order valence-electron chi connectivity index (χ1n) is 10.3. The first-order valence-corrected chi connectivity index (χ1v) is 10.7. The molecule has 0 bridgehead atoms. The van der Waals surface area contributed by atoms with Crippen LogP contribution < -0.4 is 10.9 Å². The Balaban J connectivity index is 1.49. The number of nitrogens with zero attached hydrogens (tertiary/aromatic N) is 3. The number of pyridine rings is 1. The van der Waals surface area contributed by atoms with Crippen molar-refractivity contribution >= 4 is 29.2 Å². The maximum atomic E-state index is 12.6. The molecule has 0 saturated carbocycles. The number of ether oxygens (including phenoxy) is 1. The molecule has 1 amide bonds. The molecule has 2 heterocycles. The van der Waals surface area contributed by atoms with Gasteiger partial charge in [-0.25, -0.2) is 4.79 Å². The minimum atomic E-state index is -0.486. The van der Waals surface area contributed by atoms with E-state index in [1.54, 1.807) is 55.5 Å². The lowest BCUT2D eigenvalue weighted by atomic mass is 10.2. The van der Waals surface area contributed by atoms with Gasteiger partial charge in [0, 0.05) is 28.5 Å². The van der Waals surface area contributed by atoms with Gasteiger partial charge in [-0.15, -0.1) is 0 Å². The van der Waals surface area contributed by atoms with E-state index in [0.29, 0.717) is 27.7 Å². The van der Waals surface area contributed by atoms with E-state index < -0.39 is 11.9 Å². The first-order chi connectivity index (χ1) is 16.4. The minimum absolute atomic E-state index is 0.196. The van der Waals surface area contributed by atoms with Crippen molar-refractivity contribution in [1.29, 1.82) is 0 Å². The monoisotopic (exact) mass is 478 g/mol. The maximum Gasteiger partial charge on any atom is 0.338 e. The number of halogens is 1. The highest BCUT2D eigenvalue weighted by molar-refractivity contribution is 6.30. The van der Waals surface area contributed by atoms with Crippen molar-refractivity contribution in [2.45, 2.75) is 13.5 Å². The summed E-state index contributed by atoms with van der Waals surface area (Å²) < 4.78 is 11.5. The van der Waals surface area contributed by atoms with Crippen LogP contribution >= 0.6 is 11.6 Å². The van der Waals surface area contributed by atoms with Crippen molar-refractivity contribution in [3.05, 3.63) is 87.8 Å². The minimum Gasteiger partial charge on any atom is -0.462 e. The van der Waals surface area contributed by atoms with Gasteiger partial charge in [0.25, 0.3) is 11.4 Å². The van der Waals surface area contributed by atoms with Crippen molar-refractivity contribution in [1.82, 2.24) is 14.7 Å². The van der Waals surface area contributed by atoms with E-state index in [-0.39, 0.29) is 24.6 Å². The smallest absolute Gasteiger partial charge is 0.338 e. The van der Waals surface area contributed by atoms with Crippen molar-refractivity contribution in [2.24, 2.45) is 0 Å². The molecule has 4 rings (SSSR count). The maximum absolute atomic E-state index is 12.6. The third-order valence-corrected chi connectivity index (χ3v) is 4.98. The predicted octanol–water partition coefficient (Wildman–Crippen LogP) is 4.03. The van der Waals surface area contributed by atoms with Crippen LogP contribution in [-0.4, -0.2) is 33.2 Å². The second kappa shape index (κ2) is 10.1. The Bertz CT molecular complexity index is 1400. The molecule has 0 aliphatic rings. The SMILES string of the molecule is CCOC(=O)c1cccc(NC(=O)Cn2cc(-c3nc(-c4ccc(Cl)cc4)no3)ccc2=O)c1. The zero-order chi connectivity index (χ0) is 24.1. The third-order valence-electron chi connectivity index (χ3n) is 4.73. The molecular weight excluding hydrogens is 460 g/mol. The second-order valence-electron chi connectivity index (χ2n) is 7.16. The van der Waals surface area contributed by atoms with Gasteiger partial charge in [0.15, 0.2) is 0 Å². The Hall–Kier alpha value is -4.24. The summed E-state index contributed by atoms with van der Waals surface area (Å²) in [4.78, 5) is 41.1. The van der Waals surface area contributed by atoms with Crippen LogP contribution in [0.15, 0.2) is 76.2 Å². The fourth-order valence-corrected chi connectivity index (χ4v) is 3.26. The summed E-state index contributed by atoms with van der Waals surface area (Å²) in [5.74, 6) is -0.377. The summed E-state index contributed by atoms with van der Waals surface area (Å²) in [5, 5.41) is 7.23. The van der Waals surface area contributed by atoms with Crippen LogP contribution in [0.1, 0.15) is 17.3 Å². The van der Waals surface area contributed by atoms with Crippen LogP contribution in [0.4, 0.5) is 5.69 Å². The Morgan fingerprint density at radius 2 is 1.85 bits per heavy atom. The number of carbonyl (C=O) groups is 2. The van der Waals surface area contributed by atoms with Crippen LogP contribution in [0, 0.1) is 0 Å². The molecule has 0 fully saturated rings. The van der Waals surface area contributed by atoms with Crippen LogP contribution in [0.5, 0.6) is 0 Å². The van der Waals surface area contributed by atoms with Crippen molar-refractivity contribution in [2.75, 3.05) is 11.9 Å². The van der Waals surface area contributed by atoms with Crippen LogP contribution in [-0.2, 0) is 16.1 Å². The molecule has 0 atom stereocenters. The van der Waals surface area contributed by atoms with E-state index in [9.17, 15) is 14.4 Å². The first kappa shape index (κ1) is 22.9. The molecule has 1 N–H and O–H groups in total. The van der Waals surface area contributed by atoms with Crippen LogP contribution in [0.25, 0.3) is 22.8 Å². The standard InChI is InChI=1S/C24H19ClN4O5/c1-2-33-24(32)16-4-3-5-19(12-16)26-20(30)14-29-13-17(8-11-21(29)31)23-27-22(28-34-23)15-6-9-18(25)10-7-15/h3-13H,2,14H2,1H3,(H,26,30). The lowest BCUT2D eigenvalue weighted by Crippen LogP contribution is -2.26. The predicted molar refractivity (Wildman–Crippen MR) is 125 cm³/mol. The van der Waals surface area contributed by atoms with Gasteiger partial charge in [-0.05, 0) is 55.5 Å².